The largest absolute Gasteiger partial charge is 0.466 e. The highest BCUT2D eigenvalue weighted by atomic mass is 16.5. The molecule has 0 fully saturated rings. The molecule has 0 rings (SSSR count). The molecule has 0 saturated carbocycles. The van der Waals surface area contributed by atoms with E-state index in [0.717, 1.165) is 6.42 Å². The smallest absolute Gasteiger partial charge is 0.302 e. The Morgan fingerprint density at radius 1 is 0.857 bits per heavy atom. The van der Waals surface area contributed by atoms with Gasteiger partial charge in [0.2, 0.25) is 0 Å². The third-order valence-electron chi connectivity index (χ3n) is 3.59. The lowest BCUT2D eigenvalue weighted by atomic mass is 10.1. The molecule has 0 N–H and O–H groups in total. The van der Waals surface area contributed by atoms with Crippen LogP contribution in [0.5, 0.6) is 0 Å². The fourth-order valence-corrected chi connectivity index (χ4v) is 2.36. The topological polar surface area (TPSA) is 26.3 Å². The molecule has 0 bridgehead atoms. The number of rotatable bonds is 15. The van der Waals surface area contributed by atoms with Gasteiger partial charge in [0.05, 0.1) is 6.61 Å². The van der Waals surface area contributed by atoms with E-state index in [4.69, 9.17) is 4.74 Å². The Kier molecular flexibility index (Phi) is 16.2. The molecule has 0 aliphatic carbocycles. The Morgan fingerprint density at radius 3 is 1.81 bits per heavy atom. The van der Waals surface area contributed by atoms with E-state index in [1.165, 1.54) is 77.6 Å². The van der Waals surface area contributed by atoms with Gasteiger partial charge in [0.15, 0.2) is 0 Å². The molecule has 0 atom stereocenters. The van der Waals surface area contributed by atoms with Crippen LogP contribution in [0.3, 0.4) is 0 Å². The molecule has 0 aromatic rings. The van der Waals surface area contributed by atoms with E-state index in [9.17, 15) is 4.79 Å². The lowest BCUT2D eigenvalue weighted by Gasteiger charge is -2.03. The highest BCUT2D eigenvalue weighted by molar-refractivity contribution is 5.65. The van der Waals surface area contributed by atoms with E-state index in [-0.39, 0.29) is 5.97 Å². The van der Waals surface area contributed by atoms with Gasteiger partial charge in [-0.05, 0) is 19.3 Å². The predicted octanol–water partition coefficient (Wildman–Crippen LogP) is 5.97. The third kappa shape index (κ3) is 18.9. The Labute approximate surface area is 131 Å². The highest BCUT2D eigenvalue weighted by Gasteiger charge is 1.95. The zero-order valence-corrected chi connectivity index (χ0v) is 13.9. The van der Waals surface area contributed by atoms with Crippen molar-refractivity contribution < 1.29 is 9.53 Å². The van der Waals surface area contributed by atoms with Gasteiger partial charge in [-0.2, -0.15) is 0 Å². The van der Waals surface area contributed by atoms with Crippen LogP contribution in [0, 0.1) is 0 Å². The van der Waals surface area contributed by atoms with Gasteiger partial charge in [0, 0.05) is 6.92 Å². The van der Waals surface area contributed by atoms with Crippen LogP contribution in [0.1, 0.15) is 84.0 Å². The molecule has 0 aromatic carbocycles. The Hall–Kier alpha value is -1.05. The van der Waals surface area contributed by atoms with Crippen molar-refractivity contribution in [1.29, 1.82) is 0 Å². The normalized spacial score (nSPS) is 10.9. The quantitative estimate of drug-likeness (QED) is 0.211. The fraction of sp³-hybridized carbons (Fsp3) is 0.737. The molecule has 2 nitrogen and oxygen atoms in total. The van der Waals surface area contributed by atoms with Crippen LogP contribution < -0.4 is 0 Å². The summed E-state index contributed by atoms with van der Waals surface area (Å²) < 4.78 is 4.91. The summed E-state index contributed by atoms with van der Waals surface area (Å²) in [6.45, 7) is 5.73. The molecule has 0 aliphatic rings. The number of esters is 1. The minimum absolute atomic E-state index is 0.160. The van der Waals surface area contributed by atoms with Gasteiger partial charge < -0.3 is 4.74 Å². The van der Waals surface area contributed by atoms with E-state index in [1.807, 2.05) is 12.2 Å². The van der Waals surface area contributed by atoms with Crippen LogP contribution in [-0.2, 0) is 9.53 Å². The molecule has 0 spiro atoms. The second-order valence-corrected chi connectivity index (χ2v) is 5.68. The van der Waals surface area contributed by atoms with Crippen molar-refractivity contribution in [3.8, 4) is 0 Å². The summed E-state index contributed by atoms with van der Waals surface area (Å²) in [7, 11) is 0. The summed E-state index contributed by atoms with van der Waals surface area (Å²) in [6.07, 6.45) is 21.6. The Bertz CT molecular complexity index is 269. The van der Waals surface area contributed by atoms with E-state index in [0.29, 0.717) is 6.61 Å². The first kappa shape index (κ1) is 19.9. The van der Waals surface area contributed by atoms with Gasteiger partial charge in [-0.25, -0.2) is 0 Å². The Morgan fingerprint density at radius 2 is 1.33 bits per heavy atom. The zero-order valence-electron chi connectivity index (χ0n) is 13.9. The minimum Gasteiger partial charge on any atom is -0.466 e. The SMILES string of the molecule is C=C/C=C/CCCCCCCCCCCCCOC(C)=O. The van der Waals surface area contributed by atoms with Crippen molar-refractivity contribution in [2.24, 2.45) is 0 Å². The van der Waals surface area contributed by atoms with Crippen LogP contribution in [-0.4, -0.2) is 12.6 Å². The van der Waals surface area contributed by atoms with Crippen LogP contribution in [0.25, 0.3) is 0 Å². The van der Waals surface area contributed by atoms with Crippen LogP contribution in [0.4, 0.5) is 0 Å². The van der Waals surface area contributed by atoms with E-state index in [2.05, 4.69) is 12.7 Å². The van der Waals surface area contributed by atoms with Gasteiger partial charge in [0.1, 0.15) is 0 Å². The summed E-state index contributed by atoms with van der Waals surface area (Å²) in [6, 6.07) is 0. The second kappa shape index (κ2) is 17.0. The van der Waals surface area contributed by atoms with E-state index < -0.39 is 0 Å². The predicted molar refractivity (Wildman–Crippen MR) is 91.4 cm³/mol. The molecular weight excluding hydrogens is 260 g/mol. The van der Waals surface area contributed by atoms with Crippen molar-refractivity contribution in [3.05, 3.63) is 24.8 Å². The van der Waals surface area contributed by atoms with Crippen molar-refractivity contribution in [2.75, 3.05) is 6.61 Å². The molecule has 0 saturated heterocycles. The molecule has 0 aliphatic heterocycles. The zero-order chi connectivity index (χ0) is 15.6. The number of ether oxygens (including phenoxy) is 1. The average Bonchev–Trinajstić information content (AvgIpc) is 2.46. The maximum atomic E-state index is 10.6. The summed E-state index contributed by atoms with van der Waals surface area (Å²) in [5.41, 5.74) is 0. The molecular formula is C19H34O2. The van der Waals surface area contributed by atoms with Crippen LogP contribution in [0.15, 0.2) is 24.8 Å². The van der Waals surface area contributed by atoms with Gasteiger partial charge >= 0.3 is 5.97 Å². The summed E-state index contributed by atoms with van der Waals surface area (Å²) in [4.78, 5) is 10.6. The summed E-state index contributed by atoms with van der Waals surface area (Å²) in [5.74, 6) is -0.160. The summed E-state index contributed by atoms with van der Waals surface area (Å²) >= 11 is 0. The standard InChI is InChI=1S/C19H34O2/c1-3-4-5-6-7-8-9-10-11-12-13-14-15-16-17-18-21-19(2)20/h3-5H,1,6-18H2,2H3/b5-4+. The van der Waals surface area contributed by atoms with Crippen molar-refractivity contribution in [3.63, 3.8) is 0 Å². The number of hydrogen-bond donors (Lipinski definition) is 0. The van der Waals surface area contributed by atoms with E-state index >= 15 is 0 Å². The first-order valence-corrected chi connectivity index (χ1v) is 8.68. The maximum Gasteiger partial charge on any atom is 0.302 e. The van der Waals surface area contributed by atoms with Gasteiger partial charge in [-0.3, -0.25) is 4.79 Å². The summed E-state index contributed by atoms with van der Waals surface area (Å²) in [5, 5.41) is 0. The number of allylic oxidation sites excluding steroid dienone is 3. The molecule has 0 aromatic heterocycles. The second-order valence-electron chi connectivity index (χ2n) is 5.68. The van der Waals surface area contributed by atoms with Crippen molar-refractivity contribution >= 4 is 5.97 Å². The lowest BCUT2D eigenvalue weighted by Crippen LogP contribution is -2.00. The first-order valence-electron chi connectivity index (χ1n) is 8.68. The minimum atomic E-state index is -0.160. The number of carbonyl (C=O) groups excluding carboxylic acids is 1. The molecule has 0 unspecified atom stereocenters. The maximum absolute atomic E-state index is 10.6. The molecule has 0 heterocycles. The van der Waals surface area contributed by atoms with Gasteiger partial charge in [0.25, 0.3) is 0 Å². The lowest BCUT2D eigenvalue weighted by molar-refractivity contribution is -0.141. The van der Waals surface area contributed by atoms with Crippen LogP contribution in [0.2, 0.25) is 0 Å². The monoisotopic (exact) mass is 294 g/mol. The third-order valence-corrected chi connectivity index (χ3v) is 3.59. The molecule has 0 amide bonds. The number of unbranched alkanes of at least 4 members (excludes halogenated alkanes) is 11. The molecule has 2 heteroatoms. The number of hydrogen-bond acceptors (Lipinski definition) is 2. The van der Waals surface area contributed by atoms with Gasteiger partial charge in [-0.1, -0.05) is 82.6 Å². The Balaban J connectivity index is 3.01. The molecule has 0 radical (unpaired) electrons. The average molecular weight is 294 g/mol. The van der Waals surface area contributed by atoms with Crippen molar-refractivity contribution in [1.82, 2.24) is 0 Å². The van der Waals surface area contributed by atoms with E-state index in [1.54, 1.807) is 0 Å². The fourth-order valence-electron chi connectivity index (χ4n) is 2.36. The van der Waals surface area contributed by atoms with Crippen LogP contribution >= 0.6 is 0 Å². The number of carbonyl (C=O) groups is 1. The highest BCUT2D eigenvalue weighted by Crippen LogP contribution is 2.12. The first-order chi connectivity index (χ1) is 10.3. The molecule has 122 valence electrons. The van der Waals surface area contributed by atoms with Gasteiger partial charge in [-0.15, -0.1) is 0 Å². The van der Waals surface area contributed by atoms with Crippen molar-refractivity contribution in [2.45, 2.75) is 84.0 Å². The molecule has 21 heavy (non-hydrogen) atoms.